The lowest BCUT2D eigenvalue weighted by Crippen LogP contribution is -2.50. The molecule has 0 saturated heterocycles. The van der Waals surface area contributed by atoms with E-state index < -0.39 is 45.3 Å². The summed E-state index contributed by atoms with van der Waals surface area (Å²) in [6.07, 6.45) is 1.74. The minimum atomic E-state index is -3.37. The molecular weight excluding hydrogens is 422 g/mol. The molecule has 0 aromatic heterocycles. The number of carbonyl (C=O) groups is 4. The average Bonchev–Trinajstić information content (AvgIpc) is 2.70. The van der Waals surface area contributed by atoms with Crippen LogP contribution in [0.3, 0.4) is 0 Å². The van der Waals surface area contributed by atoms with E-state index in [4.69, 9.17) is 0 Å². The van der Waals surface area contributed by atoms with Crippen LogP contribution in [0.25, 0.3) is 0 Å². The van der Waals surface area contributed by atoms with E-state index in [0.717, 1.165) is 11.8 Å². The smallest absolute Gasteiger partial charge is 0.290 e. The van der Waals surface area contributed by atoms with E-state index in [1.807, 2.05) is 30.3 Å². The van der Waals surface area contributed by atoms with Crippen molar-refractivity contribution >= 4 is 33.3 Å². The first-order chi connectivity index (χ1) is 14.4. The maximum Gasteiger partial charge on any atom is 0.290 e. The highest BCUT2D eigenvalue weighted by atomic mass is 32.2. The number of nitrogens with one attached hydrogen (secondary N) is 3. The molecule has 0 fully saturated rings. The molecule has 3 N–H and O–H groups in total. The lowest BCUT2D eigenvalue weighted by molar-refractivity contribution is -0.141. The molecule has 0 radical (unpaired) electrons. The third kappa shape index (κ3) is 9.73. The van der Waals surface area contributed by atoms with Gasteiger partial charge >= 0.3 is 0 Å². The van der Waals surface area contributed by atoms with Gasteiger partial charge in [0.1, 0.15) is 9.84 Å². The number of hydrogen-bond acceptors (Lipinski definition) is 6. The van der Waals surface area contributed by atoms with Crippen molar-refractivity contribution in [2.75, 3.05) is 18.6 Å². The van der Waals surface area contributed by atoms with Crippen molar-refractivity contribution in [3.05, 3.63) is 35.9 Å². The van der Waals surface area contributed by atoms with Crippen LogP contribution < -0.4 is 16.0 Å². The van der Waals surface area contributed by atoms with Crippen molar-refractivity contribution in [2.45, 2.75) is 45.7 Å². The first-order valence-electron chi connectivity index (χ1n) is 10.1. The van der Waals surface area contributed by atoms with Crippen LogP contribution in [-0.4, -0.2) is 56.5 Å². The number of hydrogen-bond donors (Lipinski definition) is 3. The molecule has 10 heteroatoms. The van der Waals surface area contributed by atoms with Gasteiger partial charge in [0.25, 0.3) is 5.91 Å². The fourth-order valence-electron chi connectivity index (χ4n) is 2.92. The third-order valence-corrected chi connectivity index (χ3v) is 5.63. The van der Waals surface area contributed by atoms with Crippen molar-refractivity contribution in [3.63, 3.8) is 0 Å². The molecule has 0 bridgehead atoms. The normalized spacial score (nSPS) is 14.1. The van der Waals surface area contributed by atoms with Crippen LogP contribution in [-0.2, 0) is 29.0 Å². The zero-order chi connectivity index (χ0) is 23.6. The predicted molar refractivity (Wildman–Crippen MR) is 117 cm³/mol. The Balaban J connectivity index is 2.61. The SMILES string of the molecule is CCCC(NC(=O)C(C)CS(C)(=O)=O)C(=O)C(=O)NCC(=O)N[C@H](C)c1ccccc1. The Bertz CT molecular complexity index is 886. The number of rotatable bonds is 12. The summed E-state index contributed by atoms with van der Waals surface area (Å²) in [5.41, 5.74) is 0.896. The van der Waals surface area contributed by atoms with Crippen LogP contribution in [0.2, 0.25) is 0 Å². The van der Waals surface area contributed by atoms with Crippen molar-refractivity contribution in [2.24, 2.45) is 5.92 Å². The van der Waals surface area contributed by atoms with Crippen molar-refractivity contribution < 1.29 is 27.6 Å². The molecule has 9 nitrogen and oxygen atoms in total. The van der Waals surface area contributed by atoms with Gasteiger partial charge in [0.15, 0.2) is 0 Å². The highest BCUT2D eigenvalue weighted by Gasteiger charge is 2.29. The minimum Gasteiger partial charge on any atom is -0.348 e. The van der Waals surface area contributed by atoms with Gasteiger partial charge in [-0.2, -0.15) is 0 Å². The second-order valence-corrected chi connectivity index (χ2v) is 9.77. The molecule has 2 unspecified atom stereocenters. The van der Waals surface area contributed by atoms with Gasteiger partial charge in [-0.25, -0.2) is 8.42 Å². The number of benzene rings is 1. The number of carbonyl (C=O) groups excluding carboxylic acids is 4. The van der Waals surface area contributed by atoms with Gasteiger partial charge in [0, 0.05) is 12.2 Å². The molecule has 1 rings (SSSR count). The van der Waals surface area contributed by atoms with Gasteiger partial charge in [0.2, 0.25) is 17.6 Å². The van der Waals surface area contributed by atoms with E-state index in [1.54, 1.807) is 13.8 Å². The molecule has 172 valence electrons. The summed E-state index contributed by atoms with van der Waals surface area (Å²) in [6, 6.07) is 7.90. The second-order valence-electron chi connectivity index (χ2n) is 7.59. The summed E-state index contributed by atoms with van der Waals surface area (Å²) < 4.78 is 22.7. The molecule has 1 aromatic carbocycles. The molecule has 3 atom stereocenters. The van der Waals surface area contributed by atoms with Gasteiger partial charge in [-0.15, -0.1) is 0 Å². The molecule has 31 heavy (non-hydrogen) atoms. The van der Waals surface area contributed by atoms with Gasteiger partial charge < -0.3 is 16.0 Å². The zero-order valence-corrected chi connectivity index (χ0v) is 19.1. The third-order valence-electron chi connectivity index (χ3n) is 4.52. The Hall–Kier alpha value is -2.75. The Morgan fingerprint density at radius 3 is 2.16 bits per heavy atom. The molecule has 0 heterocycles. The summed E-state index contributed by atoms with van der Waals surface area (Å²) in [5, 5.41) is 7.44. The molecule has 0 aliphatic rings. The fourth-order valence-corrected chi connectivity index (χ4v) is 3.98. The number of Topliss-reactive ketones (excluding diaryl/α,β-unsaturated/α-hetero) is 1. The monoisotopic (exact) mass is 453 g/mol. The van der Waals surface area contributed by atoms with E-state index in [0.29, 0.717) is 6.42 Å². The summed E-state index contributed by atoms with van der Waals surface area (Å²) in [6.45, 7) is 4.62. The second kappa shape index (κ2) is 12.2. The van der Waals surface area contributed by atoms with Gasteiger partial charge in [-0.05, 0) is 18.9 Å². The predicted octanol–water partition coefficient (Wildman–Crippen LogP) is 0.515. The zero-order valence-electron chi connectivity index (χ0n) is 18.3. The molecule has 1 aromatic rings. The Labute approximate surface area is 183 Å². The topological polar surface area (TPSA) is 139 Å². The summed E-state index contributed by atoms with van der Waals surface area (Å²) >= 11 is 0. The quantitative estimate of drug-likeness (QED) is 0.394. The highest BCUT2D eigenvalue weighted by Crippen LogP contribution is 2.10. The van der Waals surface area contributed by atoms with Crippen LogP contribution in [0.15, 0.2) is 30.3 Å². The van der Waals surface area contributed by atoms with E-state index >= 15 is 0 Å². The van der Waals surface area contributed by atoms with Crippen LogP contribution in [0.5, 0.6) is 0 Å². The Morgan fingerprint density at radius 2 is 1.61 bits per heavy atom. The van der Waals surface area contributed by atoms with E-state index in [9.17, 15) is 27.6 Å². The largest absolute Gasteiger partial charge is 0.348 e. The standard InChI is InChI=1S/C21H31N3O6S/c1-5-9-17(24-20(27)14(2)13-31(4,29)30)19(26)21(28)22-12-18(25)23-15(3)16-10-7-6-8-11-16/h6-8,10-11,14-15,17H,5,9,12-13H2,1-4H3,(H,22,28)(H,23,25)(H,24,27)/t14?,15-,17?/m1/s1. The van der Waals surface area contributed by atoms with E-state index in [2.05, 4.69) is 16.0 Å². The Morgan fingerprint density at radius 1 is 1.00 bits per heavy atom. The van der Waals surface area contributed by atoms with Gasteiger partial charge in [0.05, 0.1) is 24.4 Å². The van der Waals surface area contributed by atoms with Crippen LogP contribution in [0, 0.1) is 5.92 Å². The fraction of sp³-hybridized carbons (Fsp3) is 0.524. The number of amides is 3. The van der Waals surface area contributed by atoms with Gasteiger partial charge in [-0.1, -0.05) is 50.6 Å². The summed E-state index contributed by atoms with van der Waals surface area (Å²) in [5.74, 6) is -4.19. The molecule has 0 aliphatic carbocycles. The molecular formula is C21H31N3O6S. The van der Waals surface area contributed by atoms with Crippen molar-refractivity contribution in [3.8, 4) is 0 Å². The number of sulfone groups is 1. The first kappa shape index (κ1) is 26.3. The molecule has 3 amide bonds. The van der Waals surface area contributed by atoms with Crippen LogP contribution in [0.1, 0.15) is 45.2 Å². The van der Waals surface area contributed by atoms with E-state index in [-0.39, 0.29) is 24.8 Å². The first-order valence-corrected chi connectivity index (χ1v) is 12.1. The van der Waals surface area contributed by atoms with Gasteiger partial charge in [-0.3, -0.25) is 19.2 Å². The maximum atomic E-state index is 12.5. The summed E-state index contributed by atoms with van der Waals surface area (Å²) in [7, 11) is -3.37. The maximum absolute atomic E-state index is 12.5. The van der Waals surface area contributed by atoms with E-state index in [1.165, 1.54) is 6.92 Å². The summed E-state index contributed by atoms with van der Waals surface area (Å²) in [4.78, 5) is 49.0. The lowest BCUT2D eigenvalue weighted by atomic mass is 10.0. The lowest BCUT2D eigenvalue weighted by Gasteiger charge is -2.19. The molecule has 0 spiro atoms. The highest BCUT2D eigenvalue weighted by molar-refractivity contribution is 7.90. The van der Waals surface area contributed by atoms with Crippen molar-refractivity contribution in [1.82, 2.24) is 16.0 Å². The van der Waals surface area contributed by atoms with Crippen molar-refractivity contribution in [1.29, 1.82) is 0 Å². The average molecular weight is 454 g/mol. The Kier molecular flexibility index (Phi) is 10.3. The van der Waals surface area contributed by atoms with Crippen LogP contribution in [0.4, 0.5) is 0 Å². The molecule has 0 aliphatic heterocycles. The minimum absolute atomic E-state index is 0.209. The van der Waals surface area contributed by atoms with Crippen LogP contribution >= 0.6 is 0 Å². The molecule has 0 saturated carbocycles. The number of ketones is 1.